The molecule has 1 fully saturated rings. The number of hydrogen-bond acceptors (Lipinski definition) is 3. The Labute approximate surface area is 169 Å². The van der Waals surface area contributed by atoms with Crippen LogP contribution in [0.3, 0.4) is 0 Å². The van der Waals surface area contributed by atoms with Crippen molar-refractivity contribution in [3.8, 4) is 0 Å². The van der Waals surface area contributed by atoms with Crippen molar-refractivity contribution in [1.82, 2.24) is 4.31 Å². The number of sulfonamides is 1. The number of halogens is 2. The van der Waals surface area contributed by atoms with Crippen LogP contribution < -0.4 is 5.32 Å². The molecule has 1 atom stereocenters. The minimum absolute atomic E-state index is 0.149. The van der Waals surface area contributed by atoms with E-state index in [4.69, 9.17) is 23.2 Å². The van der Waals surface area contributed by atoms with Gasteiger partial charge < -0.3 is 5.32 Å². The van der Waals surface area contributed by atoms with Gasteiger partial charge >= 0.3 is 0 Å². The zero-order chi connectivity index (χ0) is 19.6. The Hall–Kier alpha value is -1.60. The Balaban J connectivity index is 1.74. The highest BCUT2D eigenvalue weighted by molar-refractivity contribution is 7.89. The van der Waals surface area contributed by atoms with Crippen molar-refractivity contribution < 1.29 is 13.2 Å². The van der Waals surface area contributed by atoms with Crippen LogP contribution in [0.4, 0.5) is 5.69 Å². The summed E-state index contributed by atoms with van der Waals surface area (Å²) in [5.74, 6) is -0.615. The SMILES string of the molecule is Cc1ccc(Cl)cc1NC(=O)[C@@H]1CCCN(S(=O)(=O)c2ccc(Cl)cc2)C1. The Kier molecular flexibility index (Phi) is 6.11. The number of anilines is 1. The maximum atomic E-state index is 12.9. The molecule has 5 nitrogen and oxygen atoms in total. The number of nitrogens with one attached hydrogen (secondary N) is 1. The highest BCUT2D eigenvalue weighted by atomic mass is 35.5. The lowest BCUT2D eigenvalue weighted by Crippen LogP contribution is -2.43. The van der Waals surface area contributed by atoms with E-state index in [1.165, 1.54) is 16.4 Å². The Morgan fingerprint density at radius 2 is 1.78 bits per heavy atom. The van der Waals surface area contributed by atoms with E-state index in [1.807, 2.05) is 13.0 Å². The maximum absolute atomic E-state index is 12.9. The van der Waals surface area contributed by atoms with Crippen LogP contribution in [0.15, 0.2) is 47.4 Å². The zero-order valence-electron chi connectivity index (χ0n) is 14.8. The molecule has 0 saturated carbocycles. The average molecular weight is 427 g/mol. The molecule has 0 bridgehead atoms. The molecule has 0 unspecified atom stereocenters. The van der Waals surface area contributed by atoms with E-state index in [-0.39, 0.29) is 17.3 Å². The van der Waals surface area contributed by atoms with Gasteiger partial charge in [-0.1, -0.05) is 29.3 Å². The topological polar surface area (TPSA) is 66.5 Å². The summed E-state index contributed by atoms with van der Waals surface area (Å²) in [7, 11) is -3.66. The third-order valence-corrected chi connectivity index (χ3v) is 7.03. The molecule has 3 rings (SSSR count). The fourth-order valence-corrected chi connectivity index (χ4v) is 4.92. The molecule has 0 aliphatic carbocycles. The summed E-state index contributed by atoms with van der Waals surface area (Å²) in [5.41, 5.74) is 1.54. The molecule has 0 spiro atoms. The van der Waals surface area contributed by atoms with Gasteiger partial charge in [0.1, 0.15) is 0 Å². The van der Waals surface area contributed by atoms with Crippen LogP contribution in [-0.4, -0.2) is 31.7 Å². The molecule has 144 valence electrons. The number of hydrogen-bond donors (Lipinski definition) is 1. The molecule has 27 heavy (non-hydrogen) atoms. The van der Waals surface area contributed by atoms with Gasteiger partial charge in [0.05, 0.1) is 10.8 Å². The molecular weight excluding hydrogens is 407 g/mol. The molecule has 1 amide bonds. The third-order valence-electron chi connectivity index (χ3n) is 4.66. The van der Waals surface area contributed by atoms with E-state index in [9.17, 15) is 13.2 Å². The molecule has 1 heterocycles. The smallest absolute Gasteiger partial charge is 0.243 e. The first kappa shape index (κ1) is 20.1. The summed E-state index contributed by atoms with van der Waals surface area (Å²) in [6.45, 7) is 2.42. The number of benzene rings is 2. The third kappa shape index (κ3) is 4.63. The van der Waals surface area contributed by atoms with Crippen molar-refractivity contribution in [3.05, 3.63) is 58.1 Å². The van der Waals surface area contributed by atoms with Gasteiger partial charge in [-0.25, -0.2) is 8.42 Å². The first-order valence-corrected chi connectivity index (χ1v) is 10.8. The van der Waals surface area contributed by atoms with E-state index in [2.05, 4.69) is 5.32 Å². The van der Waals surface area contributed by atoms with Crippen molar-refractivity contribution in [2.45, 2.75) is 24.7 Å². The molecule has 2 aromatic carbocycles. The van der Waals surface area contributed by atoms with Crippen LogP contribution >= 0.6 is 23.2 Å². The number of amides is 1. The van der Waals surface area contributed by atoms with Gasteiger partial charge in [-0.15, -0.1) is 0 Å². The molecule has 0 radical (unpaired) electrons. The summed E-state index contributed by atoms with van der Waals surface area (Å²) in [5, 5.41) is 3.89. The average Bonchev–Trinajstić information content (AvgIpc) is 2.65. The van der Waals surface area contributed by atoms with E-state index in [0.29, 0.717) is 35.1 Å². The Morgan fingerprint density at radius 1 is 1.11 bits per heavy atom. The molecule has 8 heteroatoms. The summed E-state index contributed by atoms with van der Waals surface area (Å²) >= 11 is 11.8. The number of aryl methyl sites for hydroxylation is 1. The summed E-state index contributed by atoms with van der Waals surface area (Å²) in [6.07, 6.45) is 1.26. The van der Waals surface area contributed by atoms with E-state index in [0.717, 1.165) is 5.56 Å². The number of rotatable bonds is 4. The van der Waals surface area contributed by atoms with Crippen LogP contribution in [0, 0.1) is 12.8 Å². The van der Waals surface area contributed by atoms with Gasteiger partial charge in [-0.2, -0.15) is 4.31 Å². The number of nitrogens with zero attached hydrogens (tertiary/aromatic N) is 1. The van der Waals surface area contributed by atoms with E-state index in [1.54, 1.807) is 24.3 Å². The van der Waals surface area contributed by atoms with Crippen molar-refractivity contribution in [3.63, 3.8) is 0 Å². The molecule has 1 N–H and O–H groups in total. The van der Waals surface area contributed by atoms with Gasteiger partial charge in [-0.05, 0) is 61.7 Å². The van der Waals surface area contributed by atoms with Crippen molar-refractivity contribution in [1.29, 1.82) is 0 Å². The summed E-state index contributed by atoms with van der Waals surface area (Å²) in [4.78, 5) is 12.9. The van der Waals surface area contributed by atoms with Gasteiger partial charge in [0.25, 0.3) is 0 Å². The normalized spacial score (nSPS) is 18.3. The fourth-order valence-electron chi connectivity index (χ4n) is 3.09. The lowest BCUT2D eigenvalue weighted by molar-refractivity contribution is -0.120. The van der Waals surface area contributed by atoms with Crippen molar-refractivity contribution in [2.24, 2.45) is 5.92 Å². The van der Waals surface area contributed by atoms with Gasteiger partial charge in [0, 0.05) is 28.8 Å². The molecule has 1 saturated heterocycles. The van der Waals surface area contributed by atoms with Crippen LogP contribution in [0.2, 0.25) is 10.0 Å². The summed E-state index contributed by atoms with van der Waals surface area (Å²) < 4.78 is 27.1. The highest BCUT2D eigenvalue weighted by Crippen LogP contribution is 2.27. The monoisotopic (exact) mass is 426 g/mol. The predicted octanol–water partition coefficient (Wildman–Crippen LogP) is 4.34. The van der Waals surface area contributed by atoms with Crippen molar-refractivity contribution >= 4 is 44.8 Å². The molecule has 1 aliphatic heterocycles. The quantitative estimate of drug-likeness (QED) is 0.790. The molecule has 0 aromatic heterocycles. The maximum Gasteiger partial charge on any atom is 0.243 e. The predicted molar refractivity (Wildman–Crippen MR) is 108 cm³/mol. The first-order valence-electron chi connectivity index (χ1n) is 8.60. The minimum atomic E-state index is -3.66. The van der Waals surface area contributed by atoms with E-state index >= 15 is 0 Å². The minimum Gasteiger partial charge on any atom is -0.326 e. The second-order valence-electron chi connectivity index (χ2n) is 6.60. The van der Waals surface area contributed by atoms with Gasteiger partial charge in [0.2, 0.25) is 15.9 Å². The highest BCUT2D eigenvalue weighted by Gasteiger charge is 2.33. The number of piperidine rings is 1. The standard InChI is InChI=1S/C19H20Cl2N2O3S/c1-13-4-5-16(21)11-18(13)22-19(24)14-3-2-10-23(12-14)27(25,26)17-8-6-15(20)7-9-17/h4-9,11,14H,2-3,10,12H2,1H3,(H,22,24)/t14-/m1/s1. The number of carbonyl (C=O) groups excluding carboxylic acids is 1. The first-order chi connectivity index (χ1) is 12.8. The zero-order valence-corrected chi connectivity index (χ0v) is 17.1. The van der Waals surface area contributed by atoms with Crippen molar-refractivity contribution in [2.75, 3.05) is 18.4 Å². The molecule has 2 aromatic rings. The number of carbonyl (C=O) groups is 1. The van der Waals surface area contributed by atoms with E-state index < -0.39 is 15.9 Å². The summed E-state index contributed by atoms with van der Waals surface area (Å²) in [6, 6.07) is 11.3. The fraction of sp³-hybridized carbons (Fsp3) is 0.316. The largest absolute Gasteiger partial charge is 0.326 e. The molecular formula is C19H20Cl2N2O3S. The van der Waals surface area contributed by atoms with Gasteiger partial charge in [-0.3, -0.25) is 4.79 Å². The van der Waals surface area contributed by atoms with Crippen LogP contribution in [0.5, 0.6) is 0 Å². The van der Waals surface area contributed by atoms with Crippen LogP contribution in [0.1, 0.15) is 18.4 Å². The van der Waals surface area contributed by atoms with Gasteiger partial charge in [0.15, 0.2) is 0 Å². The van der Waals surface area contributed by atoms with Crippen LogP contribution in [-0.2, 0) is 14.8 Å². The Morgan fingerprint density at radius 3 is 2.48 bits per heavy atom. The molecule has 1 aliphatic rings. The second-order valence-corrected chi connectivity index (χ2v) is 9.42. The Bertz CT molecular complexity index is 946. The lowest BCUT2D eigenvalue weighted by atomic mass is 9.98. The van der Waals surface area contributed by atoms with Crippen LogP contribution in [0.25, 0.3) is 0 Å². The lowest BCUT2D eigenvalue weighted by Gasteiger charge is -2.31. The second kappa shape index (κ2) is 8.19.